The third kappa shape index (κ3) is 1.93. The molecule has 0 radical (unpaired) electrons. The van der Waals surface area contributed by atoms with Gasteiger partial charge in [0.25, 0.3) is 5.56 Å². The second kappa shape index (κ2) is 3.84. The number of nitrogens with one attached hydrogen (secondary N) is 1. The number of rotatable bonds is 2. The van der Waals surface area contributed by atoms with Crippen LogP contribution in [0.2, 0.25) is 0 Å². The normalized spacial score (nSPS) is 9.69. The zero-order chi connectivity index (χ0) is 9.84. The third-order valence-electron chi connectivity index (χ3n) is 1.66. The van der Waals surface area contributed by atoms with Crippen molar-refractivity contribution in [2.45, 2.75) is 13.3 Å². The highest BCUT2D eigenvalue weighted by Gasteiger charge is 2.09. The maximum Gasteiger partial charge on any atom is 0.358 e. The summed E-state index contributed by atoms with van der Waals surface area (Å²) in [5.41, 5.74) is 0.379. The third-order valence-corrected chi connectivity index (χ3v) is 1.66. The van der Waals surface area contributed by atoms with E-state index in [0.29, 0.717) is 12.0 Å². The molecule has 0 unspecified atom stereocenters. The van der Waals surface area contributed by atoms with Crippen molar-refractivity contribution < 1.29 is 9.53 Å². The average molecular weight is 182 g/mol. The summed E-state index contributed by atoms with van der Waals surface area (Å²) in [7, 11) is 1.26. The van der Waals surface area contributed by atoms with Gasteiger partial charge in [0.05, 0.1) is 7.11 Å². The first-order chi connectivity index (χ1) is 6.19. The van der Waals surface area contributed by atoms with E-state index >= 15 is 0 Å². The topological polar surface area (TPSA) is 72.0 Å². The fourth-order valence-electron chi connectivity index (χ4n) is 0.917. The summed E-state index contributed by atoms with van der Waals surface area (Å²) in [6, 6.07) is 1.44. The van der Waals surface area contributed by atoms with Gasteiger partial charge in [-0.2, -0.15) is 5.10 Å². The molecule has 1 heterocycles. The largest absolute Gasteiger partial charge is 0.464 e. The number of H-pyrrole nitrogens is 1. The van der Waals surface area contributed by atoms with Crippen LogP contribution in [0.25, 0.3) is 0 Å². The maximum atomic E-state index is 11.0. The van der Waals surface area contributed by atoms with Crippen LogP contribution in [-0.2, 0) is 11.2 Å². The van der Waals surface area contributed by atoms with Gasteiger partial charge in [0.2, 0.25) is 0 Å². The molecule has 0 atom stereocenters. The molecule has 0 aromatic carbocycles. The quantitative estimate of drug-likeness (QED) is 0.659. The molecule has 5 nitrogen and oxygen atoms in total. The molecule has 1 rings (SSSR count). The van der Waals surface area contributed by atoms with Crippen molar-refractivity contribution in [1.82, 2.24) is 10.2 Å². The Morgan fingerprint density at radius 1 is 1.69 bits per heavy atom. The van der Waals surface area contributed by atoms with Gasteiger partial charge in [0.1, 0.15) is 0 Å². The molecule has 0 spiro atoms. The predicted molar refractivity (Wildman–Crippen MR) is 45.6 cm³/mol. The van der Waals surface area contributed by atoms with Gasteiger partial charge in [0, 0.05) is 5.56 Å². The van der Waals surface area contributed by atoms with E-state index in [1.165, 1.54) is 13.2 Å². The van der Waals surface area contributed by atoms with Crippen LogP contribution in [0.3, 0.4) is 0 Å². The smallest absolute Gasteiger partial charge is 0.358 e. The molecule has 0 aliphatic heterocycles. The second-order valence-electron chi connectivity index (χ2n) is 2.45. The molecule has 0 bridgehead atoms. The number of nitrogens with zero attached hydrogens (tertiary/aromatic N) is 1. The lowest BCUT2D eigenvalue weighted by molar-refractivity contribution is 0.0592. The molecule has 0 fully saturated rings. The molecule has 13 heavy (non-hydrogen) atoms. The number of methoxy groups -OCH3 is 1. The van der Waals surface area contributed by atoms with Crippen LogP contribution < -0.4 is 5.56 Å². The van der Waals surface area contributed by atoms with E-state index in [-0.39, 0.29) is 11.3 Å². The van der Waals surface area contributed by atoms with Crippen molar-refractivity contribution in [3.63, 3.8) is 0 Å². The number of hydrogen-bond donors (Lipinski definition) is 1. The van der Waals surface area contributed by atoms with Crippen molar-refractivity contribution in [1.29, 1.82) is 0 Å². The van der Waals surface area contributed by atoms with Crippen LogP contribution in [-0.4, -0.2) is 23.3 Å². The van der Waals surface area contributed by atoms with Crippen molar-refractivity contribution >= 4 is 5.97 Å². The number of carbonyl (C=O) groups is 1. The zero-order valence-corrected chi connectivity index (χ0v) is 7.46. The number of aryl methyl sites for hydroxylation is 1. The monoisotopic (exact) mass is 182 g/mol. The lowest BCUT2D eigenvalue weighted by Crippen LogP contribution is -2.17. The van der Waals surface area contributed by atoms with E-state index in [1.54, 1.807) is 0 Å². The summed E-state index contributed by atoms with van der Waals surface area (Å²) in [5.74, 6) is -0.550. The second-order valence-corrected chi connectivity index (χ2v) is 2.45. The molecule has 0 aliphatic carbocycles. The summed E-state index contributed by atoms with van der Waals surface area (Å²) < 4.78 is 4.45. The van der Waals surface area contributed by atoms with Gasteiger partial charge in [-0.05, 0) is 12.5 Å². The van der Waals surface area contributed by atoms with Crippen LogP contribution >= 0.6 is 0 Å². The molecule has 0 amide bonds. The van der Waals surface area contributed by atoms with Gasteiger partial charge in [-0.3, -0.25) is 4.79 Å². The lowest BCUT2D eigenvalue weighted by atomic mass is 10.2. The number of aromatic amines is 1. The van der Waals surface area contributed by atoms with Crippen LogP contribution in [0, 0.1) is 0 Å². The highest BCUT2D eigenvalue weighted by atomic mass is 16.5. The van der Waals surface area contributed by atoms with Crippen molar-refractivity contribution in [3.8, 4) is 0 Å². The molecule has 1 aromatic rings. The number of aromatic nitrogens is 2. The number of ether oxygens (including phenoxy) is 1. The van der Waals surface area contributed by atoms with Gasteiger partial charge < -0.3 is 4.74 Å². The summed E-state index contributed by atoms with van der Waals surface area (Å²) in [6.45, 7) is 1.83. The SMILES string of the molecule is CCc1cc(C(=O)OC)n[nH]c1=O. The summed E-state index contributed by atoms with van der Waals surface area (Å²) in [5, 5.41) is 5.77. The molecule has 70 valence electrons. The van der Waals surface area contributed by atoms with E-state index in [2.05, 4.69) is 14.9 Å². The first-order valence-corrected chi connectivity index (χ1v) is 3.86. The van der Waals surface area contributed by atoms with E-state index in [1.807, 2.05) is 6.92 Å². The lowest BCUT2D eigenvalue weighted by Gasteiger charge is -1.98. The van der Waals surface area contributed by atoms with Crippen molar-refractivity contribution in [3.05, 3.63) is 27.7 Å². The maximum absolute atomic E-state index is 11.0. The Kier molecular flexibility index (Phi) is 2.79. The Morgan fingerprint density at radius 2 is 2.38 bits per heavy atom. The Bertz CT molecular complexity index is 370. The Balaban J connectivity index is 3.13. The minimum atomic E-state index is -0.550. The average Bonchev–Trinajstić information content (AvgIpc) is 2.17. The minimum Gasteiger partial charge on any atom is -0.464 e. The minimum absolute atomic E-state index is 0.124. The molecule has 5 heteroatoms. The van der Waals surface area contributed by atoms with Crippen molar-refractivity contribution in [2.24, 2.45) is 0 Å². The number of hydrogen-bond acceptors (Lipinski definition) is 4. The highest BCUT2D eigenvalue weighted by Crippen LogP contribution is 1.97. The van der Waals surface area contributed by atoms with E-state index in [9.17, 15) is 9.59 Å². The van der Waals surface area contributed by atoms with Gasteiger partial charge in [-0.1, -0.05) is 6.92 Å². The van der Waals surface area contributed by atoms with Gasteiger partial charge in [-0.25, -0.2) is 9.89 Å². The Hall–Kier alpha value is -1.65. The molecule has 0 saturated heterocycles. The van der Waals surface area contributed by atoms with Gasteiger partial charge in [-0.15, -0.1) is 0 Å². The van der Waals surface area contributed by atoms with Gasteiger partial charge in [0.15, 0.2) is 5.69 Å². The van der Waals surface area contributed by atoms with E-state index < -0.39 is 5.97 Å². The fraction of sp³-hybridized carbons (Fsp3) is 0.375. The Labute approximate surface area is 74.7 Å². The highest BCUT2D eigenvalue weighted by molar-refractivity contribution is 5.86. The summed E-state index contributed by atoms with van der Waals surface area (Å²) in [6.07, 6.45) is 0.557. The van der Waals surface area contributed by atoms with Crippen molar-refractivity contribution in [2.75, 3.05) is 7.11 Å². The standard InChI is InChI=1S/C8H10N2O3/c1-3-5-4-6(8(12)13-2)9-10-7(5)11/h4H,3H2,1-2H3,(H,10,11). The first-order valence-electron chi connectivity index (χ1n) is 3.86. The summed E-state index contributed by atoms with van der Waals surface area (Å²) >= 11 is 0. The van der Waals surface area contributed by atoms with Crippen LogP contribution in [0.1, 0.15) is 23.0 Å². The van der Waals surface area contributed by atoms with Gasteiger partial charge >= 0.3 is 5.97 Å². The van der Waals surface area contributed by atoms with Crippen LogP contribution in [0.5, 0.6) is 0 Å². The Morgan fingerprint density at radius 3 is 2.92 bits per heavy atom. The molecule has 1 N–H and O–H groups in total. The molecular formula is C8H10N2O3. The first kappa shape index (κ1) is 9.44. The molecular weight excluding hydrogens is 172 g/mol. The fourth-order valence-corrected chi connectivity index (χ4v) is 0.917. The zero-order valence-electron chi connectivity index (χ0n) is 7.46. The van der Waals surface area contributed by atoms with Crippen LogP contribution in [0.15, 0.2) is 10.9 Å². The summed E-state index contributed by atoms with van der Waals surface area (Å²) in [4.78, 5) is 22.0. The van der Waals surface area contributed by atoms with E-state index in [0.717, 1.165) is 0 Å². The number of esters is 1. The molecule has 1 aromatic heterocycles. The molecule has 0 aliphatic rings. The number of carbonyl (C=O) groups excluding carboxylic acids is 1. The van der Waals surface area contributed by atoms with E-state index in [4.69, 9.17) is 0 Å². The van der Waals surface area contributed by atoms with Crippen LogP contribution in [0.4, 0.5) is 0 Å². The predicted octanol–water partition coefficient (Wildman–Crippen LogP) is 0.119. The molecule has 0 saturated carbocycles.